The summed E-state index contributed by atoms with van der Waals surface area (Å²) in [5, 5.41) is 0. The van der Waals surface area contributed by atoms with Crippen molar-refractivity contribution in [3.8, 4) is 0 Å². The van der Waals surface area contributed by atoms with Crippen molar-refractivity contribution in [2.24, 2.45) is 0 Å². The Balaban J connectivity index is 0. The molecule has 76 valence electrons. The lowest BCUT2D eigenvalue weighted by atomic mass is 10.3. The van der Waals surface area contributed by atoms with Gasteiger partial charge in [-0.25, -0.2) is 9.97 Å². The molecule has 1 rings (SSSR count). The lowest BCUT2D eigenvalue weighted by Gasteiger charge is -1.93. The fraction of sp³-hybridized carbons (Fsp3) is 0.636. The Kier molecular flexibility index (Phi) is 12.4. The van der Waals surface area contributed by atoms with Gasteiger partial charge in [0.2, 0.25) is 0 Å². The van der Waals surface area contributed by atoms with Crippen LogP contribution in [0.25, 0.3) is 0 Å². The lowest BCUT2D eigenvalue weighted by molar-refractivity contribution is 0.949. The van der Waals surface area contributed by atoms with Crippen molar-refractivity contribution >= 4 is 0 Å². The van der Waals surface area contributed by atoms with Gasteiger partial charge in [0, 0.05) is 11.9 Å². The van der Waals surface area contributed by atoms with E-state index in [1.54, 1.807) is 6.20 Å². The van der Waals surface area contributed by atoms with Crippen molar-refractivity contribution in [2.75, 3.05) is 0 Å². The molecule has 0 atom stereocenters. The second kappa shape index (κ2) is 11.1. The first-order chi connectivity index (χ1) is 6.33. The maximum absolute atomic E-state index is 4.18. The van der Waals surface area contributed by atoms with Crippen molar-refractivity contribution in [1.29, 1.82) is 0 Å². The van der Waals surface area contributed by atoms with E-state index >= 15 is 0 Å². The van der Waals surface area contributed by atoms with Gasteiger partial charge < -0.3 is 0 Å². The van der Waals surface area contributed by atoms with Crippen LogP contribution < -0.4 is 0 Å². The smallest absolute Gasteiger partial charge is 0.125 e. The van der Waals surface area contributed by atoms with Crippen LogP contribution >= 0.6 is 0 Å². The molecule has 0 amide bonds. The van der Waals surface area contributed by atoms with Gasteiger partial charge >= 0.3 is 0 Å². The van der Waals surface area contributed by atoms with Crippen molar-refractivity contribution in [3.05, 3.63) is 23.8 Å². The zero-order valence-electron chi connectivity index (χ0n) is 9.76. The minimum atomic E-state index is 0.856. The molecule has 0 bridgehead atoms. The van der Waals surface area contributed by atoms with Crippen molar-refractivity contribution < 1.29 is 0 Å². The first kappa shape index (κ1) is 14.6. The van der Waals surface area contributed by atoms with E-state index < -0.39 is 0 Å². The molecule has 0 fully saturated rings. The van der Waals surface area contributed by atoms with Crippen molar-refractivity contribution in [1.82, 2.24) is 9.97 Å². The number of aromatic nitrogens is 2. The van der Waals surface area contributed by atoms with Gasteiger partial charge in [0.05, 0.1) is 0 Å². The van der Waals surface area contributed by atoms with Gasteiger partial charge in [-0.15, -0.1) is 0 Å². The summed E-state index contributed by atoms with van der Waals surface area (Å²) < 4.78 is 0. The Morgan fingerprint density at radius 2 is 1.69 bits per heavy atom. The van der Waals surface area contributed by atoms with Crippen LogP contribution in [-0.4, -0.2) is 9.97 Å². The molecule has 0 unspecified atom stereocenters. The van der Waals surface area contributed by atoms with E-state index in [4.69, 9.17) is 0 Å². The Labute approximate surface area is 82.4 Å². The van der Waals surface area contributed by atoms with Gasteiger partial charge in [0.1, 0.15) is 5.82 Å². The topological polar surface area (TPSA) is 25.8 Å². The van der Waals surface area contributed by atoms with E-state index in [1.165, 1.54) is 0 Å². The predicted molar refractivity (Wildman–Crippen MR) is 58.8 cm³/mol. The summed E-state index contributed by atoms with van der Waals surface area (Å²) in [5.41, 5.74) is 1.11. The minimum absolute atomic E-state index is 0.856. The largest absolute Gasteiger partial charge is 0.242 e. The average Bonchev–Trinajstić information content (AvgIpc) is 2.24. The van der Waals surface area contributed by atoms with Crippen LogP contribution in [0.1, 0.15) is 46.1 Å². The third-order valence-corrected chi connectivity index (χ3v) is 1.20. The third kappa shape index (κ3) is 7.44. The van der Waals surface area contributed by atoms with Gasteiger partial charge in [-0.2, -0.15) is 0 Å². The van der Waals surface area contributed by atoms with Gasteiger partial charge in [0.25, 0.3) is 0 Å². The van der Waals surface area contributed by atoms with Gasteiger partial charge in [0.15, 0.2) is 0 Å². The molecule has 1 aromatic heterocycles. The zero-order chi connectivity index (χ0) is 10.7. The minimum Gasteiger partial charge on any atom is -0.242 e. The molecule has 0 aromatic carbocycles. The van der Waals surface area contributed by atoms with Crippen LogP contribution in [0.15, 0.2) is 12.3 Å². The summed E-state index contributed by atoms with van der Waals surface area (Å²) in [4.78, 5) is 8.16. The maximum atomic E-state index is 4.18. The lowest BCUT2D eigenvalue weighted by Crippen LogP contribution is -1.91. The van der Waals surface area contributed by atoms with E-state index in [0.717, 1.165) is 17.9 Å². The summed E-state index contributed by atoms with van der Waals surface area (Å²) in [7, 11) is 0. The summed E-state index contributed by atoms with van der Waals surface area (Å²) in [6.07, 6.45) is 2.78. The molecule has 0 aliphatic carbocycles. The molecule has 13 heavy (non-hydrogen) atoms. The molecule has 0 aliphatic heterocycles. The van der Waals surface area contributed by atoms with Crippen LogP contribution in [0.4, 0.5) is 0 Å². The Morgan fingerprint density at radius 1 is 1.15 bits per heavy atom. The summed E-state index contributed by atoms with van der Waals surface area (Å²) in [6.45, 7) is 12.0. The third-order valence-electron chi connectivity index (χ3n) is 1.20. The van der Waals surface area contributed by atoms with E-state index in [0.29, 0.717) is 0 Å². The standard InChI is InChI=1S/C7H10N2.2C2H6/c1-3-7-4-5-8-6(2)9-7;2*1-2/h4-5H,3H2,1-2H3;2*1-2H3. The number of hydrogen-bond donors (Lipinski definition) is 0. The molecule has 0 aliphatic rings. The fourth-order valence-corrected chi connectivity index (χ4v) is 0.702. The second-order valence-corrected chi connectivity index (χ2v) is 1.95. The molecule has 0 radical (unpaired) electrons. The SMILES string of the molecule is CC.CC.CCc1ccnc(C)n1. The van der Waals surface area contributed by atoms with Crippen LogP contribution in [0, 0.1) is 6.92 Å². The summed E-state index contributed by atoms with van der Waals surface area (Å²) >= 11 is 0. The highest BCUT2D eigenvalue weighted by molar-refractivity contribution is 5.00. The number of rotatable bonds is 1. The molecular formula is C11H22N2. The first-order valence-electron chi connectivity index (χ1n) is 5.11. The zero-order valence-corrected chi connectivity index (χ0v) is 9.76. The van der Waals surface area contributed by atoms with E-state index in [2.05, 4.69) is 16.9 Å². The molecule has 2 nitrogen and oxygen atoms in total. The number of aryl methyl sites for hydroxylation is 2. The van der Waals surface area contributed by atoms with Crippen LogP contribution in [-0.2, 0) is 6.42 Å². The van der Waals surface area contributed by atoms with Crippen LogP contribution in [0.3, 0.4) is 0 Å². The van der Waals surface area contributed by atoms with E-state index in [-0.39, 0.29) is 0 Å². The van der Waals surface area contributed by atoms with Gasteiger partial charge in [-0.05, 0) is 19.4 Å². The molecule has 0 N–H and O–H groups in total. The van der Waals surface area contributed by atoms with E-state index in [9.17, 15) is 0 Å². The summed E-state index contributed by atoms with van der Waals surface area (Å²) in [5.74, 6) is 0.856. The number of hydrogen-bond acceptors (Lipinski definition) is 2. The normalized spacial score (nSPS) is 7.54. The molecule has 1 heterocycles. The monoisotopic (exact) mass is 182 g/mol. The van der Waals surface area contributed by atoms with E-state index in [1.807, 2.05) is 40.7 Å². The molecule has 0 saturated heterocycles. The Morgan fingerprint density at radius 3 is 2.00 bits per heavy atom. The molecular weight excluding hydrogens is 160 g/mol. The molecule has 0 spiro atoms. The number of nitrogens with zero attached hydrogens (tertiary/aromatic N) is 2. The van der Waals surface area contributed by atoms with Crippen molar-refractivity contribution in [3.63, 3.8) is 0 Å². The molecule has 1 aromatic rings. The highest BCUT2D eigenvalue weighted by atomic mass is 14.9. The molecule has 0 saturated carbocycles. The van der Waals surface area contributed by atoms with Crippen LogP contribution in [0.2, 0.25) is 0 Å². The fourth-order valence-electron chi connectivity index (χ4n) is 0.702. The maximum Gasteiger partial charge on any atom is 0.125 e. The van der Waals surface area contributed by atoms with Gasteiger partial charge in [-0.3, -0.25) is 0 Å². The van der Waals surface area contributed by atoms with Gasteiger partial charge in [-0.1, -0.05) is 34.6 Å². The quantitative estimate of drug-likeness (QED) is 0.665. The average molecular weight is 182 g/mol. The second-order valence-electron chi connectivity index (χ2n) is 1.95. The predicted octanol–water partition coefficient (Wildman–Crippen LogP) is 3.40. The Hall–Kier alpha value is -0.920. The van der Waals surface area contributed by atoms with Crippen molar-refractivity contribution in [2.45, 2.75) is 48.0 Å². The first-order valence-corrected chi connectivity index (χ1v) is 5.11. The highest BCUT2D eigenvalue weighted by Crippen LogP contribution is 1.93. The summed E-state index contributed by atoms with van der Waals surface area (Å²) in [6, 6.07) is 1.94. The molecule has 2 heteroatoms. The van der Waals surface area contributed by atoms with Crippen LogP contribution in [0.5, 0.6) is 0 Å². The Bertz CT molecular complexity index is 197. The highest BCUT2D eigenvalue weighted by Gasteiger charge is 1.88.